The third kappa shape index (κ3) is 4.90. The molecule has 1 fully saturated rings. The van der Waals surface area contributed by atoms with Crippen LogP contribution < -0.4 is 4.74 Å². The summed E-state index contributed by atoms with van der Waals surface area (Å²) >= 11 is 0. The lowest BCUT2D eigenvalue weighted by Crippen LogP contribution is -2.31. The van der Waals surface area contributed by atoms with Gasteiger partial charge in [0.1, 0.15) is 5.75 Å². The molecule has 142 valence electrons. The van der Waals surface area contributed by atoms with E-state index in [0.29, 0.717) is 11.3 Å². The zero-order valence-electron chi connectivity index (χ0n) is 14.9. The molecule has 27 heavy (non-hydrogen) atoms. The molecule has 3 nitrogen and oxygen atoms in total. The van der Waals surface area contributed by atoms with Gasteiger partial charge in [0.15, 0.2) is 0 Å². The number of nitrogens with zero attached hydrogens (tertiary/aromatic N) is 1. The Balaban J connectivity index is 1.72. The van der Waals surface area contributed by atoms with Crippen LogP contribution in [-0.2, 0) is 17.5 Å². The third-order valence-corrected chi connectivity index (χ3v) is 4.45. The first-order chi connectivity index (χ1) is 12.9. The summed E-state index contributed by atoms with van der Waals surface area (Å²) in [6, 6.07) is 12.5. The number of para-hydroxylation sites is 1. The molecule has 1 saturated carbocycles. The highest BCUT2D eigenvalue weighted by molar-refractivity contribution is 5.92. The van der Waals surface area contributed by atoms with Crippen LogP contribution in [0.15, 0.2) is 54.6 Å². The van der Waals surface area contributed by atoms with Gasteiger partial charge in [-0.1, -0.05) is 30.3 Å². The Morgan fingerprint density at radius 3 is 2.41 bits per heavy atom. The van der Waals surface area contributed by atoms with Crippen LogP contribution in [-0.4, -0.2) is 24.0 Å². The number of rotatable bonds is 6. The molecule has 0 bridgehead atoms. The smallest absolute Gasteiger partial charge is 0.416 e. The molecule has 2 aromatic carbocycles. The molecular weight excluding hydrogens is 355 g/mol. The quantitative estimate of drug-likeness (QED) is 0.671. The van der Waals surface area contributed by atoms with Crippen molar-refractivity contribution in [1.29, 1.82) is 0 Å². The summed E-state index contributed by atoms with van der Waals surface area (Å²) in [6.07, 6.45) is 0.648. The van der Waals surface area contributed by atoms with Crippen molar-refractivity contribution in [1.82, 2.24) is 4.90 Å². The van der Waals surface area contributed by atoms with Gasteiger partial charge in [0.05, 0.1) is 12.7 Å². The zero-order chi connectivity index (χ0) is 19.4. The molecule has 1 aliphatic rings. The van der Waals surface area contributed by atoms with Gasteiger partial charge in [0, 0.05) is 24.2 Å². The van der Waals surface area contributed by atoms with E-state index in [0.717, 1.165) is 30.5 Å². The SMILES string of the molecule is COc1ccccc1/C=C/C(=O)N(Cc1ccc(C(F)(F)F)cc1)C1CC1. The Bertz CT molecular complexity index is 824. The fourth-order valence-corrected chi connectivity index (χ4v) is 2.83. The average molecular weight is 375 g/mol. The van der Waals surface area contributed by atoms with Crippen molar-refractivity contribution in [3.8, 4) is 5.75 Å². The van der Waals surface area contributed by atoms with E-state index in [1.165, 1.54) is 18.2 Å². The summed E-state index contributed by atoms with van der Waals surface area (Å²) < 4.78 is 43.3. The number of halogens is 3. The second-order valence-corrected chi connectivity index (χ2v) is 6.47. The van der Waals surface area contributed by atoms with Gasteiger partial charge in [-0.25, -0.2) is 0 Å². The van der Waals surface area contributed by atoms with Gasteiger partial charge in [0.25, 0.3) is 0 Å². The number of carbonyl (C=O) groups excluding carboxylic acids is 1. The minimum Gasteiger partial charge on any atom is -0.496 e. The molecule has 2 aromatic rings. The number of benzene rings is 2. The van der Waals surface area contributed by atoms with E-state index in [1.54, 1.807) is 18.1 Å². The van der Waals surface area contributed by atoms with Crippen LogP contribution in [0.5, 0.6) is 5.75 Å². The highest BCUT2D eigenvalue weighted by atomic mass is 19.4. The number of ether oxygens (including phenoxy) is 1. The van der Waals surface area contributed by atoms with E-state index in [2.05, 4.69) is 0 Å². The molecule has 0 atom stereocenters. The molecule has 0 radical (unpaired) electrons. The van der Waals surface area contributed by atoms with Crippen molar-refractivity contribution in [2.24, 2.45) is 0 Å². The number of carbonyl (C=O) groups is 1. The van der Waals surface area contributed by atoms with Gasteiger partial charge < -0.3 is 9.64 Å². The van der Waals surface area contributed by atoms with Gasteiger partial charge in [0.2, 0.25) is 5.91 Å². The summed E-state index contributed by atoms with van der Waals surface area (Å²) in [7, 11) is 1.57. The van der Waals surface area contributed by atoms with E-state index < -0.39 is 11.7 Å². The van der Waals surface area contributed by atoms with Crippen molar-refractivity contribution in [2.75, 3.05) is 7.11 Å². The van der Waals surface area contributed by atoms with Gasteiger partial charge in [-0.3, -0.25) is 4.79 Å². The normalized spacial score (nSPS) is 14.4. The first-order valence-electron chi connectivity index (χ1n) is 8.66. The lowest BCUT2D eigenvalue weighted by molar-refractivity contribution is -0.137. The largest absolute Gasteiger partial charge is 0.496 e. The summed E-state index contributed by atoms with van der Waals surface area (Å²) in [5, 5.41) is 0. The maximum Gasteiger partial charge on any atom is 0.416 e. The summed E-state index contributed by atoms with van der Waals surface area (Å²) in [5.41, 5.74) is 0.777. The molecule has 0 N–H and O–H groups in total. The summed E-state index contributed by atoms with van der Waals surface area (Å²) in [5.74, 6) is 0.505. The molecule has 6 heteroatoms. The average Bonchev–Trinajstić information content (AvgIpc) is 3.49. The van der Waals surface area contributed by atoms with Crippen molar-refractivity contribution in [3.63, 3.8) is 0 Å². The third-order valence-electron chi connectivity index (χ3n) is 4.45. The fourth-order valence-electron chi connectivity index (χ4n) is 2.83. The van der Waals surface area contributed by atoms with Crippen LogP contribution >= 0.6 is 0 Å². The Hall–Kier alpha value is -2.76. The highest BCUT2D eigenvalue weighted by Crippen LogP contribution is 2.31. The van der Waals surface area contributed by atoms with E-state index in [1.807, 2.05) is 24.3 Å². The second-order valence-electron chi connectivity index (χ2n) is 6.47. The summed E-state index contributed by atoms with van der Waals surface area (Å²) in [4.78, 5) is 14.3. The number of hydrogen-bond acceptors (Lipinski definition) is 2. The molecule has 0 spiro atoms. The van der Waals surface area contributed by atoms with Crippen molar-refractivity contribution in [3.05, 3.63) is 71.3 Å². The number of methoxy groups -OCH3 is 1. The monoisotopic (exact) mass is 375 g/mol. The van der Waals surface area contributed by atoms with Crippen molar-refractivity contribution >= 4 is 12.0 Å². The van der Waals surface area contributed by atoms with Crippen LogP contribution in [0, 0.1) is 0 Å². The van der Waals surface area contributed by atoms with Crippen LogP contribution in [0.3, 0.4) is 0 Å². The maximum atomic E-state index is 12.7. The first kappa shape index (κ1) is 19.0. The molecule has 0 aromatic heterocycles. The lowest BCUT2D eigenvalue weighted by Gasteiger charge is -2.21. The first-order valence-corrected chi connectivity index (χ1v) is 8.66. The van der Waals surface area contributed by atoms with Crippen molar-refractivity contribution in [2.45, 2.75) is 31.6 Å². The van der Waals surface area contributed by atoms with Crippen LogP contribution in [0.4, 0.5) is 13.2 Å². The highest BCUT2D eigenvalue weighted by Gasteiger charge is 2.32. The molecule has 0 heterocycles. The van der Waals surface area contributed by atoms with Gasteiger partial charge in [-0.2, -0.15) is 13.2 Å². The second kappa shape index (κ2) is 7.86. The van der Waals surface area contributed by atoms with Crippen LogP contribution in [0.2, 0.25) is 0 Å². The molecule has 0 aliphatic heterocycles. The van der Waals surface area contributed by atoms with Gasteiger partial charge in [-0.05, 0) is 42.7 Å². The molecule has 3 rings (SSSR count). The Kier molecular flexibility index (Phi) is 5.54. The molecule has 1 aliphatic carbocycles. The number of hydrogen-bond donors (Lipinski definition) is 0. The number of amides is 1. The molecule has 0 saturated heterocycles. The van der Waals surface area contributed by atoms with Crippen LogP contribution in [0.25, 0.3) is 6.08 Å². The van der Waals surface area contributed by atoms with Gasteiger partial charge >= 0.3 is 6.18 Å². The Morgan fingerprint density at radius 1 is 1.15 bits per heavy atom. The predicted molar refractivity (Wildman–Crippen MR) is 97.0 cm³/mol. The predicted octanol–water partition coefficient (Wildman–Crippen LogP) is 4.92. The standard InChI is InChI=1S/C21H20F3NO2/c1-27-19-5-3-2-4-16(19)8-13-20(26)25(18-11-12-18)14-15-6-9-17(10-7-15)21(22,23)24/h2-10,13,18H,11-12,14H2,1H3/b13-8+. The molecular formula is C21H20F3NO2. The van der Waals surface area contributed by atoms with E-state index >= 15 is 0 Å². The topological polar surface area (TPSA) is 29.5 Å². The lowest BCUT2D eigenvalue weighted by atomic mass is 10.1. The Labute approximate surface area is 156 Å². The minimum atomic E-state index is -4.36. The number of alkyl halides is 3. The van der Waals surface area contributed by atoms with E-state index in [4.69, 9.17) is 4.74 Å². The maximum absolute atomic E-state index is 12.7. The van der Waals surface area contributed by atoms with Crippen LogP contribution in [0.1, 0.15) is 29.5 Å². The van der Waals surface area contributed by atoms with E-state index in [-0.39, 0.29) is 18.5 Å². The molecule has 0 unspecified atom stereocenters. The Morgan fingerprint density at radius 2 is 1.81 bits per heavy atom. The fraction of sp³-hybridized carbons (Fsp3) is 0.286. The zero-order valence-corrected chi connectivity index (χ0v) is 14.9. The minimum absolute atomic E-state index is 0.141. The molecule has 1 amide bonds. The van der Waals surface area contributed by atoms with E-state index in [9.17, 15) is 18.0 Å². The van der Waals surface area contributed by atoms with Crippen molar-refractivity contribution < 1.29 is 22.7 Å². The van der Waals surface area contributed by atoms with Gasteiger partial charge in [-0.15, -0.1) is 0 Å². The summed E-state index contributed by atoms with van der Waals surface area (Å²) in [6.45, 7) is 0.290.